The number of benzene rings is 1. The summed E-state index contributed by atoms with van der Waals surface area (Å²) in [7, 11) is 0. The number of nitrogens with one attached hydrogen (secondary N) is 1. The van der Waals surface area contributed by atoms with Crippen molar-refractivity contribution < 1.29 is 18.7 Å². The van der Waals surface area contributed by atoms with Gasteiger partial charge < -0.3 is 10.4 Å². The molecule has 1 heterocycles. The van der Waals surface area contributed by atoms with Gasteiger partial charge in [-0.1, -0.05) is 30.1 Å². The standard InChI is InChI=1S/C18H18Cl2F2N2O2/c1-10-8-17(26,6-7-18(10,21)22)9-23-16(25)15-11-2-5-14(20)24-13(11)4-3-12(15)19/h2-5,10,26H,6-9H2,1H3,(H,23,25). The number of carbonyl (C=O) groups excluding carboxylic acids is 1. The van der Waals surface area contributed by atoms with Gasteiger partial charge >= 0.3 is 0 Å². The van der Waals surface area contributed by atoms with E-state index in [-0.39, 0.29) is 35.1 Å². The third-order valence-electron chi connectivity index (χ3n) is 4.92. The molecule has 1 aliphatic rings. The van der Waals surface area contributed by atoms with Crippen LogP contribution in [0.3, 0.4) is 0 Å². The van der Waals surface area contributed by atoms with Crippen LogP contribution >= 0.6 is 23.2 Å². The lowest BCUT2D eigenvalue weighted by Gasteiger charge is -2.40. The Morgan fingerprint density at radius 2 is 2.04 bits per heavy atom. The van der Waals surface area contributed by atoms with Crippen LogP contribution in [0.5, 0.6) is 0 Å². The van der Waals surface area contributed by atoms with Gasteiger partial charge in [0.25, 0.3) is 11.8 Å². The quantitative estimate of drug-likeness (QED) is 0.745. The fraction of sp³-hybridized carbons (Fsp3) is 0.444. The summed E-state index contributed by atoms with van der Waals surface area (Å²) in [4.78, 5) is 16.8. The van der Waals surface area contributed by atoms with Crippen LogP contribution in [-0.4, -0.2) is 34.1 Å². The topological polar surface area (TPSA) is 62.2 Å². The summed E-state index contributed by atoms with van der Waals surface area (Å²) in [6.45, 7) is 1.28. The highest BCUT2D eigenvalue weighted by Gasteiger charge is 2.47. The molecule has 8 heteroatoms. The van der Waals surface area contributed by atoms with Crippen LogP contribution in [-0.2, 0) is 0 Å². The summed E-state index contributed by atoms with van der Waals surface area (Å²) in [5, 5.41) is 14.2. The van der Waals surface area contributed by atoms with E-state index in [2.05, 4.69) is 10.3 Å². The number of alkyl halides is 2. The molecule has 2 unspecified atom stereocenters. The van der Waals surface area contributed by atoms with Gasteiger partial charge in [0, 0.05) is 24.3 Å². The zero-order chi connectivity index (χ0) is 19.1. The molecule has 1 fully saturated rings. The molecule has 3 rings (SSSR count). The first-order valence-electron chi connectivity index (χ1n) is 8.24. The molecule has 1 aromatic heterocycles. The number of hydrogen-bond acceptors (Lipinski definition) is 3. The first-order chi connectivity index (χ1) is 12.1. The maximum Gasteiger partial charge on any atom is 0.253 e. The Bertz CT molecular complexity index is 862. The van der Waals surface area contributed by atoms with Crippen LogP contribution in [0.15, 0.2) is 24.3 Å². The number of carbonyl (C=O) groups is 1. The van der Waals surface area contributed by atoms with Crippen molar-refractivity contribution in [2.75, 3.05) is 6.54 Å². The van der Waals surface area contributed by atoms with E-state index in [0.29, 0.717) is 10.9 Å². The van der Waals surface area contributed by atoms with Crippen molar-refractivity contribution in [2.45, 2.75) is 37.7 Å². The molecule has 0 spiro atoms. The molecule has 1 saturated carbocycles. The number of hydrogen-bond donors (Lipinski definition) is 2. The van der Waals surface area contributed by atoms with Gasteiger partial charge in [0.15, 0.2) is 0 Å². The van der Waals surface area contributed by atoms with Crippen LogP contribution in [0.25, 0.3) is 10.9 Å². The molecule has 1 aliphatic carbocycles. The maximum absolute atomic E-state index is 13.6. The van der Waals surface area contributed by atoms with Crippen molar-refractivity contribution in [1.29, 1.82) is 0 Å². The Hall–Kier alpha value is -1.50. The van der Waals surface area contributed by atoms with Gasteiger partial charge in [0.2, 0.25) is 0 Å². The fourth-order valence-electron chi connectivity index (χ4n) is 3.34. The minimum atomic E-state index is -2.79. The van der Waals surface area contributed by atoms with Crippen molar-refractivity contribution in [1.82, 2.24) is 10.3 Å². The number of rotatable bonds is 3. The fourth-order valence-corrected chi connectivity index (χ4v) is 3.75. The second kappa shape index (κ2) is 6.91. The largest absolute Gasteiger partial charge is 0.388 e. The highest BCUT2D eigenvalue weighted by atomic mass is 35.5. The van der Waals surface area contributed by atoms with Crippen molar-refractivity contribution in [3.8, 4) is 0 Å². The molecule has 1 amide bonds. The number of nitrogens with zero attached hydrogens (tertiary/aromatic N) is 1. The summed E-state index contributed by atoms with van der Waals surface area (Å²) >= 11 is 12.0. The Kier molecular flexibility index (Phi) is 5.12. The van der Waals surface area contributed by atoms with E-state index in [1.807, 2.05) is 0 Å². The number of pyridine rings is 1. The van der Waals surface area contributed by atoms with Gasteiger partial charge in [-0.25, -0.2) is 13.8 Å². The molecular weight excluding hydrogens is 385 g/mol. The van der Waals surface area contributed by atoms with Crippen LogP contribution in [0.4, 0.5) is 8.78 Å². The molecule has 4 nitrogen and oxygen atoms in total. The van der Waals surface area contributed by atoms with E-state index in [0.717, 1.165) is 0 Å². The molecule has 140 valence electrons. The molecular formula is C18H18Cl2F2N2O2. The second-order valence-electron chi connectivity index (χ2n) is 6.90. The lowest BCUT2D eigenvalue weighted by molar-refractivity contribution is -0.138. The predicted octanol–water partition coefficient (Wildman–Crippen LogP) is 4.46. The average Bonchev–Trinajstić information content (AvgIpc) is 2.57. The normalized spacial score (nSPS) is 25.2. The molecule has 2 aromatic rings. The second-order valence-corrected chi connectivity index (χ2v) is 7.69. The molecule has 26 heavy (non-hydrogen) atoms. The number of halogens is 4. The lowest BCUT2D eigenvalue weighted by Crippen LogP contribution is -2.50. The maximum atomic E-state index is 13.6. The molecule has 2 atom stereocenters. The Morgan fingerprint density at radius 3 is 2.73 bits per heavy atom. The van der Waals surface area contributed by atoms with E-state index in [4.69, 9.17) is 23.2 Å². The van der Waals surface area contributed by atoms with E-state index in [1.54, 1.807) is 24.3 Å². The minimum absolute atomic E-state index is 0.0783. The summed E-state index contributed by atoms with van der Waals surface area (Å²) in [5.74, 6) is -4.24. The zero-order valence-electron chi connectivity index (χ0n) is 14.0. The van der Waals surface area contributed by atoms with Gasteiger partial charge in [0.1, 0.15) is 5.15 Å². The number of aliphatic hydroxyl groups is 1. The monoisotopic (exact) mass is 402 g/mol. The molecule has 0 aliphatic heterocycles. The Morgan fingerprint density at radius 1 is 1.31 bits per heavy atom. The first-order valence-corrected chi connectivity index (χ1v) is 9.00. The predicted molar refractivity (Wildman–Crippen MR) is 97.0 cm³/mol. The van der Waals surface area contributed by atoms with E-state index >= 15 is 0 Å². The first kappa shape index (κ1) is 19.3. The van der Waals surface area contributed by atoms with Crippen LogP contribution in [0.2, 0.25) is 10.2 Å². The van der Waals surface area contributed by atoms with Crippen molar-refractivity contribution >= 4 is 40.0 Å². The van der Waals surface area contributed by atoms with Crippen molar-refractivity contribution in [2.24, 2.45) is 5.92 Å². The molecule has 0 saturated heterocycles. The van der Waals surface area contributed by atoms with Gasteiger partial charge in [-0.15, -0.1) is 0 Å². The van der Waals surface area contributed by atoms with E-state index in [1.165, 1.54) is 6.92 Å². The minimum Gasteiger partial charge on any atom is -0.388 e. The van der Waals surface area contributed by atoms with E-state index in [9.17, 15) is 18.7 Å². The zero-order valence-corrected chi connectivity index (χ0v) is 15.5. The van der Waals surface area contributed by atoms with Gasteiger partial charge in [-0.3, -0.25) is 4.79 Å². The highest BCUT2D eigenvalue weighted by Crippen LogP contribution is 2.42. The Balaban J connectivity index is 1.79. The summed E-state index contributed by atoms with van der Waals surface area (Å²) in [5.41, 5.74) is -0.641. The molecule has 1 aromatic carbocycles. The third-order valence-corrected chi connectivity index (χ3v) is 5.45. The van der Waals surface area contributed by atoms with Gasteiger partial charge in [-0.05, 0) is 37.1 Å². The van der Waals surface area contributed by atoms with Crippen molar-refractivity contribution in [3.05, 3.63) is 40.0 Å². The van der Waals surface area contributed by atoms with Crippen LogP contribution in [0, 0.1) is 5.92 Å². The summed E-state index contributed by atoms with van der Waals surface area (Å²) < 4.78 is 27.3. The Labute approximate surface area is 159 Å². The molecule has 2 N–H and O–H groups in total. The molecule has 0 bridgehead atoms. The molecule has 0 radical (unpaired) electrons. The number of aromatic nitrogens is 1. The summed E-state index contributed by atoms with van der Waals surface area (Å²) in [6, 6.07) is 6.39. The van der Waals surface area contributed by atoms with Gasteiger partial charge in [0.05, 0.1) is 21.7 Å². The number of amides is 1. The van der Waals surface area contributed by atoms with Gasteiger partial charge in [-0.2, -0.15) is 0 Å². The average molecular weight is 403 g/mol. The van der Waals surface area contributed by atoms with Crippen LogP contribution < -0.4 is 5.32 Å². The third kappa shape index (κ3) is 3.77. The smallest absolute Gasteiger partial charge is 0.253 e. The summed E-state index contributed by atoms with van der Waals surface area (Å²) in [6.07, 6.45) is -0.566. The highest BCUT2D eigenvalue weighted by molar-refractivity contribution is 6.36. The van der Waals surface area contributed by atoms with Crippen LogP contribution in [0.1, 0.15) is 36.5 Å². The van der Waals surface area contributed by atoms with Crippen molar-refractivity contribution in [3.63, 3.8) is 0 Å². The number of fused-ring (bicyclic) bond motifs is 1. The lowest BCUT2D eigenvalue weighted by atomic mass is 9.76. The SMILES string of the molecule is CC1CC(O)(CNC(=O)c2c(Cl)ccc3nc(Cl)ccc23)CCC1(F)F. The van der Waals surface area contributed by atoms with E-state index < -0.39 is 29.8 Å².